The lowest BCUT2D eigenvalue weighted by atomic mass is 10.0. The zero-order valence-electron chi connectivity index (χ0n) is 17.3. The molecule has 31 heavy (non-hydrogen) atoms. The first-order valence-electron chi connectivity index (χ1n) is 9.37. The number of primary amides is 2. The molecule has 4 unspecified atom stereocenters. The maximum atomic E-state index is 12.6. The Kier molecular flexibility index (Phi) is 11.7. The Morgan fingerprint density at radius 3 is 1.81 bits per heavy atom. The Balaban J connectivity index is 5.40. The first kappa shape index (κ1) is 27.7. The van der Waals surface area contributed by atoms with Gasteiger partial charge in [0.25, 0.3) is 0 Å². The summed E-state index contributed by atoms with van der Waals surface area (Å²) >= 11 is 0. The highest BCUT2D eigenvalue weighted by Crippen LogP contribution is 2.06. The molecule has 4 atom stereocenters. The van der Waals surface area contributed by atoms with Gasteiger partial charge in [-0.1, -0.05) is 13.8 Å². The van der Waals surface area contributed by atoms with Gasteiger partial charge in [0.05, 0.1) is 13.0 Å². The Bertz CT molecular complexity index is 698. The summed E-state index contributed by atoms with van der Waals surface area (Å²) in [6.07, 6.45) is -1.15. The van der Waals surface area contributed by atoms with Crippen molar-refractivity contribution in [2.45, 2.75) is 57.3 Å². The molecule has 0 saturated heterocycles. The first-order chi connectivity index (χ1) is 14.3. The summed E-state index contributed by atoms with van der Waals surface area (Å²) in [5.74, 6) is -6.35. The number of carbonyl (C=O) groups is 6. The number of aliphatic carboxylic acids is 1. The lowest BCUT2D eigenvalue weighted by Crippen LogP contribution is -2.59. The van der Waals surface area contributed by atoms with Gasteiger partial charge in [-0.05, 0) is 12.3 Å². The Labute approximate surface area is 178 Å². The molecule has 14 heteroatoms. The third-order valence-electron chi connectivity index (χ3n) is 4.11. The number of carboxylic acid groups (broad SMARTS) is 1. The van der Waals surface area contributed by atoms with Crippen molar-refractivity contribution in [3.05, 3.63) is 0 Å². The lowest BCUT2D eigenvalue weighted by Gasteiger charge is -2.26. The fourth-order valence-corrected chi connectivity index (χ4v) is 2.37. The molecule has 0 aliphatic carbocycles. The molecule has 0 aromatic heterocycles. The second kappa shape index (κ2) is 13.1. The molecule has 0 fully saturated rings. The average Bonchev–Trinajstić information content (AvgIpc) is 2.66. The van der Waals surface area contributed by atoms with Gasteiger partial charge in [0.2, 0.25) is 29.5 Å². The van der Waals surface area contributed by atoms with Crippen molar-refractivity contribution in [2.24, 2.45) is 23.1 Å². The molecule has 14 nitrogen and oxygen atoms in total. The molecule has 0 rings (SSSR count). The van der Waals surface area contributed by atoms with Crippen LogP contribution in [0.3, 0.4) is 0 Å². The van der Waals surface area contributed by atoms with Crippen molar-refractivity contribution in [2.75, 3.05) is 6.61 Å². The summed E-state index contributed by atoms with van der Waals surface area (Å²) in [6.45, 7) is 2.41. The minimum absolute atomic E-state index is 0.255. The number of rotatable bonds is 14. The van der Waals surface area contributed by atoms with E-state index in [9.17, 15) is 33.9 Å². The standard InChI is InChI=1S/C17H30N6O8/c1-7(2)13(16(29)21-9(17(30)31)3-4-11(19)25)23-15(28)10(5-12(20)26)22-14(27)8(18)6-24/h7-10,13,24H,3-6,18H2,1-2H3,(H2,19,25)(H2,20,26)(H,21,29)(H,22,27)(H,23,28)(H,30,31). The molecule has 5 amide bonds. The van der Waals surface area contributed by atoms with Crippen LogP contribution in [0.2, 0.25) is 0 Å². The van der Waals surface area contributed by atoms with Gasteiger partial charge in [-0.25, -0.2) is 4.79 Å². The minimum atomic E-state index is -1.48. The highest BCUT2D eigenvalue weighted by Gasteiger charge is 2.32. The minimum Gasteiger partial charge on any atom is -0.480 e. The van der Waals surface area contributed by atoms with Gasteiger partial charge in [0.1, 0.15) is 24.2 Å². The summed E-state index contributed by atoms with van der Waals surface area (Å²) in [7, 11) is 0. The number of aliphatic hydroxyl groups is 1. The van der Waals surface area contributed by atoms with Gasteiger partial charge >= 0.3 is 5.97 Å². The van der Waals surface area contributed by atoms with Crippen molar-refractivity contribution >= 4 is 35.5 Å². The van der Waals surface area contributed by atoms with E-state index in [1.807, 2.05) is 0 Å². The molecule has 0 aromatic carbocycles. The Morgan fingerprint density at radius 1 is 0.839 bits per heavy atom. The number of nitrogens with one attached hydrogen (secondary N) is 3. The second-order valence-corrected chi connectivity index (χ2v) is 7.16. The number of amides is 5. The summed E-state index contributed by atoms with van der Waals surface area (Å²) in [6, 6.07) is -5.51. The van der Waals surface area contributed by atoms with Crippen LogP contribution in [0.15, 0.2) is 0 Å². The number of aliphatic hydroxyl groups excluding tert-OH is 1. The van der Waals surface area contributed by atoms with Gasteiger partial charge < -0.3 is 43.4 Å². The van der Waals surface area contributed by atoms with E-state index in [0.29, 0.717) is 0 Å². The van der Waals surface area contributed by atoms with Crippen LogP contribution in [-0.4, -0.2) is 76.5 Å². The number of nitrogens with two attached hydrogens (primary N) is 3. The van der Waals surface area contributed by atoms with E-state index >= 15 is 0 Å². The summed E-state index contributed by atoms with van der Waals surface area (Å²) in [4.78, 5) is 70.5. The molecular formula is C17H30N6O8. The highest BCUT2D eigenvalue weighted by molar-refractivity contribution is 5.96. The molecule has 0 aliphatic heterocycles. The molecule has 0 aromatic rings. The quantitative estimate of drug-likeness (QED) is 0.128. The molecule has 0 radical (unpaired) electrons. The van der Waals surface area contributed by atoms with E-state index in [-0.39, 0.29) is 12.8 Å². The summed E-state index contributed by atoms with van der Waals surface area (Å²) in [5.41, 5.74) is 15.4. The SMILES string of the molecule is CC(C)C(NC(=O)C(CC(N)=O)NC(=O)C(N)CO)C(=O)NC(CCC(N)=O)C(=O)O. The Hall–Kier alpha value is -3.26. The number of hydrogen-bond acceptors (Lipinski definition) is 8. The van der Waals surface area contributed by atoms with Crippen LogP contribution >= 0.6 is 0 Å². The smallest absolute Gasteiger partial charge is 0.326 e. The maximum Gasteiger partial charge on any atom is 0.326 e. The number of hydrogen-bond donors (Lipinski definition) is 8. The lowest BCUT2D eigenvalue weighted by molar-refractivity contribution is -0.143. The predicted octanol–water partition coefficient (Wildman–Crippen LogP) is -4.36. The predicted molar refractivity (Wildman–Crippen MR) is 106 cm³/mol. The molecular weight excluding hydrogens is 416 g/mol. The molecule has 11 N–H and O–H groups in total. The third-order valence-corrected chi connectivity index (χ3v) is 4.11. The maximum absolute atomic E-state index is 12.6. The van der Waals surface area contributed by atoms with Crippen molar-refractivity contribution in [3.63, 3.8) is 0 Å². The average molecular weight is 446 g/mol. The van der Waals surface area contributed by atoms with Gasteiger partial charge in [-0.15, -0.1) is 0 Å². The zero-order valence-corrected chi connectivity index (χ0v) is 17.3. The summed E-state index contributed by atoms with van der Waals surface area (Å²) in [5, 5.41) is 24.8. The topological polar surface area (TPSA) is 257 Å². The summed E-state index contributed by atoms with van der Waals surface area (Å²) < 4.78 is 0. The molecule has 0 bridgehead atoms. The van der Waals surface area contributed by atoms with Crippen LogP contribution < -0.4 is 33.2 Å². The molecule has 176 valence electrons. The number of carboxylic acids is 1. The third kappa shape index (κ3) is 10.4. The molecule has 0 heterocycles. The van der Waals surface area contributed by atoms with Crippen molar-refractivity contribution < 1.29 is 39.0 Å². The van der Waals surface area contributed by atoms with Gasteiger partial charge in [0, 0.05) is 6.42 Å². The van der Waals surface area contributed by atoms with Gasteiger partial charge in [0.15, 0.2) is 0 Å². The van der Waals surface area contributed by atoms with Crippen LogP contribution in [0.5, 0.6) is 0 Å². The fourth-order valence-electron chi connectivity index (χ4n) is 2.37. The van der Waals surface area contributed by atoms with Crippen molar-refractivity contribution in [1.82, 2.24) is 16.0 Å². The second-order valence-electron chi connectivity index (χ2n) is 7.16. The van der Waals surface area contributed by atoms with Crippen LogP contribution in [0.25, 0.3) is 0 Å². The van der Waals surface area contributed by atoms with E-state index in [1.54, 1.807) is 13.8 Å². The van der Waals surface area contributed by atoms with Crippen LogP contribution in [0.1, 0.15) is 33.1 Å². The first-order valence-corrected chi connectivity index (χ1v) is 9.37. The van der Waals surface area contributed by atoms with E-state index in [4.69, 9.17) is 22.3 Å². The highest BCUT2D eigenvalue weighted by atomic mass is 16.4. The van der Waals surface area contributed by atoms with Crippen LogP contribution in [0.4, 0.5) is 0 Å². The fraction of sp³-hybridized carbons (Fsp3) is 0.647. The van der Waals surface area contributed by atoms with Crippen molar-refractivity contribution in [3.8, 4) is 0 Å². The van der Waals surface area contributed by atoms with Gasteiger partial charge in [-0.2, -0.15) is 0 Å². The van der Waals surface area contributed by atoms with Gasteiger partial charge in [-0.3, -0.25) is 24.0 Å². The Morgan fingerprint density at radius 2 is 1.39 bits per heavy atom. The number of carbonyl (C=O) groups excluding carboxylic acids is 5. The van der Waals surface area contributed by atoms with Crippen molar-refractivity contribution in [1.29, 1.82) is 0 Å². The molecule has 0 aliphatic rings. The van der Waals surface area contributed by atoms with E-state index in [1.165, 1.54) is 0 Å². The van der Waals surface area contributed by atoms with Crippen LogP contribution in [0, 0.1) is 5.92 Å². The van der Waals surface area contributed by atoms with E-state index < -0.39 is 78.6 Å². The zero-order chi connectivity index (χ0) is 24.3. The van der Waals surface area contributed by atoms with E-state index in [2.05, 4.69) is 16.0 Å². The normalized spacial score (nSPS) is 14.6. The molecule has 0 saturated carbocycles. The molecule has 0 spiro atoms. The van der Waals surface area contributed by atoms with Crippen LogP contribution in [-0.2, 0) is 28.8 Å². The largest absolute Gasteiger partial charge is 0.480 e. The monoisotopic (exact) mass is 446 g/mol. The van der Waals surface area contributed by atoms with E-state index in [0.717, 1.165) is 0 Å².